The Morgan fingerprint density at radius 3 is 2.44 bits per heavy atom. The van der Waals surface area contributed by atoms with Crippen LogP contribution < -0.4 is 4.18 Å². The molecular weight excluding hydrogens is 345 g/mol. The predicted octanol–water partition coefficient (Wildman–Crippen LogP) is 2.97. The molecule has 25 heavy (non-hydrogen) atoms. The molecule has 1 fully saturated rings. The monoisotopic (exact) mass is 363 g/mol. The summed E-state index contributed by atoms with van der Waals surface area (Å²) >= 11 is 0. The van der Waals surface area contributed by atoms with E-state index in [1.807, 2.05) is 0 Å². The van der Waals surface area contributed by atoms with Crippen molar-refractivity contribution < 1.29 is 21.8 Å². The summed E-state index contributed by atoms with van der Waals surface area (Å²) < 4.78 is 41.8. The van der Waals surface area contributed by atoms with Crippen molar-refractivity contribution in [3.8, 4) is 5.75 Å². The summed E-state index contributed by atoms with van der Waals surface area (Å²) in [6.45, 7) is 0.156. The number of para-hydroxylation sites is 1. The predicted molar refractivity (Wildman–Crippen MR) is 91.2 cm³/mol. The van der Waals surface area contributed by atoms with Gasteiger partial charge in [-0.3, -0.25) is 4.79 Å². The molecule has 0 radical (unpaired) electrons. The van der Waals surface area contributed by atoms with Gasteiger partial charge in [-0.2, -0.15) is 8.42 Å². The molecule has 0 aromatic heterocycles. The molecule has 5 nitrogen and oxygen atoms in total. The van der Waals surface area contributed by atoms with Gasteiger partial charge >= 0.3 is 10.1 Å². The van der Waals surface area contributed by atoms with E-state index in [-0.39, 0.29) is 23.9 Å². The van der Waals surface area contributed by atoms with Crippen molar-refractivity contribution in [2.24, 2.45) is 0 Å². The first kappa shape index (κ1) is 17.4. The van der Waals surface area contributed by atoms with E-state index in [9.17, 15) is 17.6 Å². The highest BCUT2D eigenvalue weighted by Gasteiger charge is 2.34. The van der Waals surface area contributed by atoms with Gasteiger partial charge in [-0.15, -0.1) is 0 Å². The van der Waals surface area contributed by atoms with Crippen molar-refractivity contribution in [1.82, 2.24) is 4.90 Å². The lowest BCUT2D eigenvalue weighted by atomic mass is 10.1. The molecule has 1 amide bonds. The van der Waals surface area contributed by atoms with Gasteiger partial charge in [-0.1, -0.05) is 30.3 Å². The van der Waals surface area contributed by atoms with E-state index in [0.717, 1.165) is 19.1 Å². The maximum atomic E-state index is 14.0. The quantitative estimate of drug-likeness (QED) is 0.740. The molecule has 3 rings (SSSR count). The summed E-state index contributed by atoms with van der Waals surface area (Å²) in [5, 5.41) is 0. The van der Waals surface area contributed by atoms with Crippen LogP contribution in [0, 0.1) is 5.82 Å². The molecule has 132 valence electrons. The molecule has 0 saturated heterocycles. The second kappa shape index (κ2) is 6.84. The first-order valence-corrected chi connectivity index (χ1v) is 9.69. The second-order valence-corrected chi connectivity index (χ2v) is 7.61. The highest BCUT2D eigenvalue weighted by molar-refractivity contribution is 7.86. The van der Waals surface area contributed by atoms with E-state index < -0.39 is 21.8 Å². The third-order valence-electron chi connectivity index (χ3n) is 3.91. The summed E-state index contributed by atoms with van der Waals surface area (Å²) in [4.78, 5) is 14.3. The number of halogens is 1. The van der Waals surface area contributed by atoms with Crippen molar-refractivity contribution in [3.05, 3.63) is 65.5 Å². The number of nitrogens with zero attached hydrogens (tertiary/aromatic N) is 1. The van der Waals surface area contributed by atoms with Gasteiger partial charge < -0.3 is 9.08 Å². The van der Waals surface area contributed by atoms with E-state index >= 15 is 0 Å². The third-order valence-corrected chi connectivity index (χ3v) is 4.39. The van der Waals surface area contributed by atoms with Gasteiger partial charge in [0.05, 0.1) is 11.8 Å². The zero-order valence-corrected chi connectivity index (χ0v) is 14.5. The Bertz CT molecular complexity index is 893. The first-order chi connectivity index (χ1) is 11.8. The van der Waals surface area contributed by atoms with Gasteiger partial charge in [0, 0.05) is 18.2 Å². The average molecular weight is 363 g/mol. The number of carbonyl (C=O) groups is 1. The highest BCUT2D eigenvalue weighted by Crippen LogP contribution is 2.32. The van der Waals surface area contributed by atoms with Crippen LogP contribution in [-0.2, 0) is 16.7 Å². The summed E-state index contributed by atoms with van der Waals surface area (Å²) in [6, 6.07) is 12.5. The topological polar surface area (TPSA) is 63.7 Å². The molecule has 0 unspecified atom stereocenters. The SMILES string of the molecule is CS(=O)(=O)Oc1ccccc1CN(C(=O)c1ccccc1F)C1CC1. The molecule has 2 aromatic rings. The Balaban J connectivity index is 1.89. The minimum atomic E-state index is -3.68. The molecule has 1 saturated carbocycles. The van der Waals surface area contributed by atoms with Crippen molar-refractivity contribution >= 4 is 16.0 Å². The summed E-state index contributed by atoms with van der Waals surface area (Å²) in [6.07, 6.45) is 2.65. The standard InChI is InChI=1S/C18H18FNO4S/c1-25(22,23)24-17-9-5-2-6-13(17)12-20(14-10-11-14)18(21)15-7-3-4-8-16(15)19/h2-9,14H,10-12H2,1H3. The van der Waals surface area contributed by atoms with Gasteiger partial charge in [0.1, 0.15) is 11.6 Å². The van der Waals surface area contributed by atoms with Crippen LogP contribution >= 0.6 is 0 Å². The number of benzene rings is 2. The van der Waals surface area contributed by atoms with Crippen LogP contribution in [0.5, 0.6) is 5.75 Å². The van der Waals surface area contributed by atoms with E-state index in [1.165, 1.54) is 24.3 Å². The lowest BCUT2D eigenvalue weighted by Crippen LogP contribution is -2.33. The molecule has 0 atom stereocenters. The van der Waals surface area contributed by atoms with Gasteiger partial charge in [-0.05, 0) is 31.0 Å². The Morgan fingerprint density at radius 2 is 1.80 bits per heavy atom. The van der Waals surface area contributed by atoms with Crippen LogP contribution in [0.1, 0.15) is 28.8 Å². The molecule has 1 aliphatic rings. The van der Waals surface area contributed by atoms with Crippen LogP contribution in [0.3, 0.4) is 0 Å². The minimum Gasteiger partial charge on any atom is -0.382 e. The smallest absolute Gasteiger partial charge is 0.306 e. The number of amides is 1. The van der Waals surface area contributed by atoms with Gasteiger partial charge in [0.25, 0.3) is 5.91 Å². The summed E-state index contributed by atoms with van der Waals surface area (Å²) in [5.74, 6) is -0.800. The average Bonchev–Trinajstić information content (AvgIpc) is 3.37. The molecule has 1 aliphatic carbocycles. The number of hydrogen-bond acceptors (Lipinski definition) is 4. The number of rotatable bonds is 6. The fraction of sp³-hybridized carbons (Fsp3) is 0.278. The Labute approximate surface area is 146 Å². The summed E-state index contributed by atoms with van der Waals surface area (Å²) in [7, 11) is -3.68. The molecule has 7 heteroatoms. The third kappa shape index (κ3) is 4.36. The molecule has 0 bridgehead atoms. The number of hydrogen-bond donors (Lipinski definition) is 0. The van der Waals surface area contributed by atoms with E-state index in [4.69, 9.17) is 4.18 Å². The zero-order chi connectivity index (χ0) is 18.0. The molecule has 0 heterocycles. The van der Waals surface area contributed by atoms with Crippen molar-refractivity contribution in [3.63, 3.8) is 0 Å². The van der Waals surface area contributed by atoms with E-state index in [0.29, 0.717) is 5.56 Å². The fourth-order valence-corrected chi connectivity index (χ4v) is 3.09. The molecule has 2 aromatic carbocycles. The van der Waals surface area contributed by atoms with Crippen LogP contribution in [0.2, 0.25) is 0 Å². The van der Waals surface area contributed by atoms with Crippen LogP contribution in [0.25, 0.3) is 0 Å². The largest absolute Gasteiger partial charge is 0.382 e. The van der Waals surface area contributed by atoms with Gasteiger partial charge in [-0.25, -0.2) is 4.39 Å². The highest BCUT2D eigenvalue weighted by atomic mass is 32.2. The van der Waals surface area contributed by atoms with Crippen molar-refractivity contribution in [2.45, 2.75) is 25.4 Å². The molecule has 0 spiro atoms. The zero-order valence-electron chi connectivity index (χ0n) is 13.7. The Kier molecular flexibility index (Phi) is 4.76. The van der Waals surface area contributed by atoms with Crippen molar-refractivity contribution in [1.29, 1.82) is 0 Å². The van der Waals surface area contributed by atoms with E-state index in [2.05, 4.69) is 0 Å². The van der Waals surface area contributed by atoms with Crippen LogP contribution in [0.4, 0.5) is 4.39 Å². The first-order valence-electron chi connectivity index (χ1n) is 7.88. The van der Waals surface area contributed by atoms with E-state index in [1.54, 1.807) is 29.2 Å². The lowest BCUT2D eigenvalue weighted by Gasteiger charge is -2.24. The maximum Gasteiger partial charge on any atom is 0.306 e. The molecular formula is C18H18FNO4S. The fourth-order valence-electron chi connectivity index (χ4n) is 2.60. The second-order valence-electron chi connectivity index (χ2n) is 6.04. The Morgan fingerprint density at radius 1 is 1.16 bits per heavy atom. The number of carbonyl (C=O) groups excluding carboxylic acids is 1. The normalized spacial score (nSPS) is 14.2. The summed E-state index contributed by atoms with van der Waals surface area (Å²) in [5.41, 5.74) is 0.570. The minimum absolute atomic E-state index is 0.0101. The maximum absolute atomic E-state index is 14.0. The van der Waals surface area contributed by atoms with Gasteiger partial charge in [0.15, 0.2) is 0 Å². The van der Waals surface area contributed by atoms with Crippen LogP contribution in [-0.4, -0.2) is 31.5 Å². The Hall–Kier alpha value is -2.41. The molecule has 0 aliphatic heterocycles. The molecule has 0 N–H and O–H groups in total. The van der Waals surface area contributed by atoms with Crippen LogP contribution in [0.15, 0.2) is 48.5 Å². The van der Waals surface area contributed by atoms with Gasteiger partial charge in [0.2, 0.25) is 0 Å². The van der Waals surface area contributed by atoms with Crippen molar-refractivity contribution in [2.75, 3.05) is 6.26 Å². The lowest BCUT2D eigenvalue weighted by molar-refractivity contribution is 0.0724.